The Balaban J connectivity index is 2.77. The predicted molar refractivity (Wildman–Crippen MR) is 66.2 cm³/mol. The van der Waals surface area contributed by atoms with Gasteiger partial charge in [-0.1, -0.05) is 26.0 Å². The second kappa shape index (κ2) is 5.82. The summed E-state index contributed by atoms with van der Waals surface area (Å²) >= 11 is 0. The van der Waals surface area contributed by atoms with E-state index < -0.39 is 22.0 Å². The zero-order valence-corrected chi connectivity index (χ0v) is 10.6. The van der Waals surface area contributed by atoms with Crippen molar-refractivity contribution in [1.29, 1.82) is 0 Å². The van der Waals surface area contributed by atoms with E-state index in [4.69, 9.17) is 10.2 Å². The first-order chi connectivity index (χ1) is 7.91. The highest BCUT2D eigenvalue weighted by Crippen LogP contribution is 2.16. The molecule has 5 heteroatoms. The lowest BCUT2D eigenvalue weighted by molar-refractivity contribution is -0.137. The highest BCUT2D eigenvalue weighted by molar-refractivity contribution is 7.85. The van der Waals surface area contributed by atoms with Crippen LogP contribution in [-0.4, -0.2) is 25.6 Å². The standard InChI is InChI=1S/C12H16O4S/c1-8(2)11(12(14)15)17(16)7-9-3-5-10(13)6-4-9/h3-6,8,11,13H,7H2,1-2H3,(H,14,15). The SMILES string of the molecule is CC(C)C(C(=O)O)S(=O)Cc1ccc(O)cc1. The molecule has 0 fully saturated rings. The molecule has 0 bridgehead atoms. The number of rotatable bonds is 5. The Kier molecular flexibility index (Phi) is 4.69. The van der Waals surface area contributed by atoms with Crippen LogP contribution in [0.5, 0.6) is 5.75 Å². The number of aromatic hydroxyl groups is 1. The number of hydrogen-bond donors (Lipinski definition) is 2. The minimum Gasteiger partial charge on any atom is -0.508 e. The number of phenolic OH excluding ortho intramolecular Hbond substituents is 1. The molecule has 1 aromatic rings. The molecule has 0 radical (unpaired) electrons. The van der Waals surface area contributed by atoms with Gasteiger partial charge in [-0.2, -0.15) is 0 Å². The summed E-state index contributed by atoms with van der Waals surface area (Å²) in [7, 11) is -1.46. The summed E-state index contributed by atoms with van der Waals surface area (Å²) in [6, 6.07) is 6.29. The van der Waals surface area contributed by atoms with Crippen molar-refractivity contribution in [1.82, 2.24) is 0 Å². The second-order valence-electron chi connectivity index (χ2n) is 4.19. The summed E-state index contributed by atoms with van der Waals surface area (Å²) in [4.78, 5) is 11.0. The van der Waals surface area contributed by atoms with Gasteiger partial charge in [-0.05, 0) is 23.6 Å². The number of carboxylic acid groups (broad SMARTS) is 1. The molecule has 0 amide bonds. The van der Waals surface area contributed by atoms with Crippen LogP contribution in [0, 0.1) is 5.92 Å². The van der Waals surface area contributed by atoms with Crippen molar-refractivity contribution in [3.8, 4) is 5.75 Å². The lowest BCUT2D eigenvalue weighted by atomic mass is 10.1. The van der Waals surface area contributed by atoms with Gasteiger partial charge >= 0.3 is 5.97 Å². The Labute approximate surface area is 103 Å². The van der Waals surface area contributed by atoms with Crippen LogP contribution in [0.25, 0.3) is 0 Å². The number of carbonyl (C=O) groups is 1. The maximum absolute atomic E-state index is 11.9. The van der Waals surface area contributed by atoms with Crippen molar-refractivity contribution in [3.63, 3.8) is 0 Å². The van der Waals surface area contributed by atoms with Crippen molar-refractivity contribution < 1.29 is 19.2 Å². The molecule has 17 heavy (non-hydrogen) atoms. The average molecular weight is 256 g/mol. The van der Waals surface area contributed by atoms with Crippen molar-refractivity contribution in [2.75, 3.05) is 0 Å². The van der Waals surface area contributed by atoms with Gasteiger partial charge in [0.2, 0.25) is 0 Å². The maximum atomic E-state index is 11.9. The van der Waals surface area contributed by atoms with Crippen LogP contribution in [0.15, 0.2) is 24.3 Å². The number of hydrogen-bond acceptors (Lipinski definition) is 3. The zero-order valence-electron chi connectivity index (χ0n) is 9.79. The maximum Gasteiger partial charge on any atom is 0.319 e. The van der Waals surface area contributed by atoms with Crippen molar-refractivity contribution >= 4 is 16.8 Å². The summed E-state index contributed by atoms with van der Waals surface area (Å²) in [5.41, 5.74) is 0.757. The summed E-state index contributed by atoms with van der Waals surface area (Å²) in [6.45, 7) is 3.49. The van der Waals surface area contributed by atoms with Gasteiger partial charge in [0.25, 0.3) is 0 Å². The van der Waals surface area contributed by atoms with E-state index in [-0.39, 0.29) is 17.4 Å². The van der Waals surface area contributed by atoms with E-state index in [2.05, 4.69) is 0 Å². The fraction of sp³-hybridized carbons (Fsp3) is 0.417. The molecule has 0 aliphatic rings. The van der Waals surface area contributed by atoms with Crippen LogP contribution < -0.4 is 0 Å². The van der Waals surface area contributed by atoms with Crippen LogP contribution in [0.1, 0.15) is 19.4 Å². The lowest BCUT2D eigenvalue weighted by Gasteiger charge is -2.15. The van der Waals surface area contributed by atoms with E-state index >= 15 is 0 Å². The van der Waals surface area contributed by atoms with E-state index in [1.165, 1.54) is 12.1 Å². The van der Waals surface area contributed by atoms with E-state index in [1.54, 1.807) is 26.0 Å². The molecule has 0 aromatic heterocycles. The Morgan fingerprint density at radius 3 is 2.24 bits per heavy atom. The Morgan fingerprint density at radius 2 is 1.82 bits per heavy atom. The topological polar surface area (TPSA) is 74.6 Å². The number of phenols is 1. The van der Waals surface area contributed by atoms with Gasteiger partial charge in [0.1, 0.15) is 11.0 Å². The number of benzene rings is 1. The van der Waals surface area contributed by atoms with E-state index in [9.17, 15) is 9.00 Å². The Hall–Kier alpha value is -1.36. The molecule has 0 saturated carbocycles. The second-order valence-corrected chi connectivity index (χ2v) is 5.75. The molecule has 1 aromatic carbocycles. The largest absolute Gasteiger partial charge is 0.508 e. The van der Waals surface area contributed by atoms with Crippen LogP contribution >= 0.6 is 0 Å². The van der Waals surface area contributed by atoms with Gasteiger partial charge in [0.15, 0.2) is 0 Å². The molecule has 0 heterocycles. The quantitative estimate of drug-likeness (QED) is 0.841. The number of carboxylic acids is 1. The fourth-order valence-electron chi connectivity index (χ4n) is 1.55. The molecule has 0 aliphatic heterocycles. The normalized spacial score (nSPS) is 14.5. The molecule has 2 unspecified atom stereocenters. The molecule has 94 valence electrons. The van der Waals surface area contributed by atoms with Gasteiger partial charge in [0, 0.05) is 16.6 Å². The minimum atomic E-state index is -1.46. The average Bonchev–Trinajstić information content (AvgIpc) is 2.20. The van der Waals surface area contributed by atoms with Crippen LogP contribution in [0.2, 0.25) is 0 Å². The van der Waals surface area contributed by atoms with E-state index in [1.807, 2.05) is 0 Å². The first kappa shape index (κ1) is 13.7. The molecule has 0 aliphatic carbocycles. The molecule has 1 rings (SSSR count). The summed E-state index contributed by atoms with van der Waals surface area (Å²) < 4.78 is 11.9. The third-order valence-corrected chi connectivity index (χ3v) is 4.31. The highest BCUT2D eigenvalue weighted by atomic mass is 32.2. The predicted octanol–water partition coefficient (Wildman–Crippen LogP) is 1.75. The van der Waals surface area contributed by atoms with Gasteiger partial charge in [-0.15, -0.1) is 0 Å². The van der Waals surface area contributed by atoms with Gasteiger partial charge < -0.3 is 10.2 Å². The lowest BCUT2D eigenvalue weighted by Crippen LogP contribution is -2.31. The molecule has 4 nitrogen and oxygen atoms in total. The number of aliphatic carboxylic acids is 1. The van der Waals surface area contributed by atoms with Crippen molar-refractivity contribution in [2.45, 2.75) is 24.9 Å². The van der Waals surface area contributed by atoms with Gasteiger partial charge in [0.05, 0.1) is 0 Å². The third-order valence-electron chi connectivity index (χ3n) is 2.38. The highest BCUT2D eigenvalue weighted by Gasteiger charge is 2.27. The van der Waals surface area contributed by atoms with Gasteiger partial charge in [-0.25, -0.2) is 0 Å². The summed E-state index contributed by atoms with van der Waals surface area (Å²) in [5, 5.41) is 17.3. The molecule has 2 atom stereocenters. The third kappa shape index (κ3) is 3.85. The van der Waals surface area contributed by atoms with Gasteiger partial charge in [-0.3, -0.25) is 9.00 Å². The summed E-state index contributed by atoms with van der Waals surface area (Å²) in [5.74, 6) is -0.879. The molecule has 0 spiro atoms. The molecule has 0 saturated heterocycles. The van der Waals surface area contributed by atoms with E-state index in [0.29, 0.717) is 0 Å². The van der Waals surface area contributed by atoms with Crippen LogP contribution in [0.3, 0.4) is 0 Å². The van der Waals surface area contributed by atoms with Crippen LogP contribution in [-0.2, 0) is 21.3 Å². The van der Waals surface area contributed by atoms with Crippen molar-refractivity contribution in [3.05, 3.63) is 29.8 Å². The van der Waals surface area contributed by atoms with Crippen LogP contribution in [0.4, 0.5) is 0 Å². The molecular weight excluding hydrogens is 240 g/mol. The Morgan fingerprint density at radius 1 is 1.29 bits per heavy atom. The minimum absolute atomic E-state index is 0.137. The van der Waals surface area contributed by atoms with Crippen molar-refractivity contribution in [2.24, 2.45) is 5.92 Å². The zero-order chi connectivity index (χ0) is 13.0. The molecule has 2 N–H and O–H groups in total. The first-order valence-electron chi connectivity index (χ1n) is 5.29. The monoisotopic (exact) mass is 256 g/mol. The molecular formula is C12H16O4S. The van der Waals surface area contributed by atoms with E-state index in [0.717, 1.165) is 5.56 Å². The fourth-order valence-corrected chi connectivity index (χ4v) is 3.08. The smallest absolute Gasteiger partial charge is 0.319 e. The first-order valence-corrected chi connectivity index (χ1v) is 6.68. The summed E-state index contributed by atoms with van der Waals surface area (Å²) in [6.07, 6.45) is 0. The Bertz CT molecular complexity index is 411.